The molecule has 102 valence electrons. The van der Waals surface area contributed by atoms with Gasteiger partial charge in [0.15, 0.2) is 0 Å². The minimum atomic E-state index is -0.119. The predicted molar refractivity (Wildman–Crippen MR) is 80.7 cm³/mol. The average Bonchev–Trinajstić information content (AvgIpc) is 2.46. The second-order valence-corrected chi connectivity index (χ2v) is 5.47. The van der Waals surface area contributed by atoms with E-state index in [1.165, 1.54) is 0 Å². The summed E-state index contributed by atoms with van der Waals surface area (Å²) in [7, 11) is 0. The van der Waals surface area contributed by atoms with Crippen molar-refractivity contribution < 1.29 is 4.79 Å². The first-order valence-electron chi connectivity index (χ1n) is 6.37. The van der Waals surface area contributed by atoms with Crippen LogP contribution in [0.5, 0.6) is 0 Å². The van der Waals surface area contributed by atoms with E-state index in [-0.39, 0.29) is 11.1 Å². The van der Waals surface area contributed by atoms with Crippen LogP contribution >= 0.6 is 23.2 Å². The second kappa shape index (κ2) is 5.43. The number of rotatable bonds is 1. The Morgan fingerprint density at radius 2 is 2.10 bits per heavy atom. The summed E-state index contributed by atoms with van der Waals surface area (Å²) in [6, 6.07) is 9.02. The molecule has 0 atom stereocenters. The quantitative estimate of drug-likeness (QED) is 0.747. The second-order valence-electron chi connectivity index (χ2n) is 4.68. The number of hydrogen-bond donors (Lipinski definition) is 0. The highest BCUT2D eigenvalue weighted by molar-refractivity contribution is 6.33. The van der Waals surface area contributed by atoms with Crippen LogP contribution in [0.25, 0.3) is 0 Å². The first kappa shape index (κ1) is 13.4. The number of aromatic nitrogens is 1. The third-order valence-corrected chi connectivity index (χ3v) is 3.93. The van der Waals surface area contributed by atoms with E-state index < -0.39 is 0 Å². The summed E-state index contributed by atoms with van der Waals surface area (Å²) in [5, 5.41) is 0.927. The Kier molecular flexibility index (Phi) is 3.64. The molecule has 0 fully saturated rings. The molecule has 1 aliphatic heterocycles. The Morgan fingerprint density at radius 3 is 2.90 bits per heavy atom. The zero-order valence-corrected chi connectivity index (χ0v) is 12.2. The minimum absolute atomic E-state index is 0.119. The van der Waals surface area contributed by atoms with Crippen molar-refractivity contribution in [2.24, 2.45) is 0 Å². The van der Waals surface area contributed by atoms with Gasteiger partial charge in [-0.05, 0) is 48.7 Å². The number of halogens is 2. The predicted octanol–water partition coefficient (Wildman–Crippen LogP) is 3.98. The van der Waals surface area contributed by atoms with Crippen molar-refractivity contribution in [1.82, 2.24) is 4.98 Å². The Hall–Kier alpha value is -1.58. The van der Waals surface area contributed by atoms with E-state index in [2.05, 4.69) is 4.98 Å². The Bertz CT molecular complexity index is 673. The van der Waals surface area contributed by atoms with Crippen LogP contribution in [0.4, 0.5) is 5.69 Å². The molecule has 3 nitrogen and oxygen atoms in total. The highest BCUT2D eigenvalue weighted by atomic mass is 35.5. The molecule has 0 spiro atoms. The van der Waals surface area contributed by atoms with Gasteiger partial charge in [-0.25, -0.2) is 4.98 Å². The van der Waals surface area contributed by atoms with Crippen molar-refractivity contribution in [3.8, 4) is 0 Å². The monoisotopic (exact) mass is 306 g/mol. The molecule has 2 aromatic rings. The Labute approximate surface area is 127 Å². The van der Waals surface area contributed by atoms with Gasteiger partial charge in [0.05, 0.1) is 5.56 Å². The lowest BCUT2D eigenvalue weighted by Gasteiger charge is -2.29. The molecule has 1 aliphatic rings. The molecule has 1 amide bonds. The lowest BCUT2D eigenvalue weighted by Crippen LogP contribution is -2.35. The van der Waals surface area contributed by atoms with Gasteiger partial charge in [0, 0.05) is 23.5 Å². The van der Waals surface area contributed by atoms with Gasteiger partial charge in [0.2, 0.25) is 0 Å². The van der Waals surface area contributed by atoms with E-state index >= 15 is 0 Å². The molecule has 5 heteroatoms. The summed E-state index contributed by atoms with van der Waals surface area (Å²) in [5.41, 5.74) is 2.43. The maximum absolute atomic E-state index is 12.6. The van der Waals surface area contributed by atoms with Crippen molar-refractivity contribution in [3.63, 3.8) is 0 Å². The van der Waals surface area contributed by atoms with Gasteiger partial charge in [-0.1, -0.05) is 23.2 Å². The highest BCUT2D eigenvalue weighted by Gasteiger charge is 2.25. The van der Waals surface area contributed by atoms with Gasteiger partial charge in [0.25, 0.3) is 5.91 Å². The largest absolute Gasteiger partial charge is 0.308 e. The minimum Gasteiger partial charge on any atom is -0.308 e. The number of benzene rings is 1. The molecule has 0 saturated heterocycles. The molecule has 20 heavy (non-hydrogen) atoms. The highest BCUT2D eigenvalue weighted by Crippen LogP contribution is 2.31. The summed E-state index contributed by atoms with van der Waals surface area (Å²) in [6.07, 6.45) is 3.42. The molecule has 0 N–H and O–H groups in total. The molecule has 0 radical (unpaired) electrons. The SMILES string of the molecule is O=C(c1cccnc1Cl)N1CCCc2cc(Cl)ccc21. The van der Waals surface area contributed by atoms with E-state index in [4.69, 9.17) is 23.2 Å². The molecule has 0 saturated carbocycles. The lowest BCUT2D eigenvalue weighted by atomic mass is 10.0. The smallest absolute Gasteiger partial charge is 0.261 e. The summed E-state index contributed by atoms with van der Waals surface area (Å²) in [4.78, 5) is 18.3. The van der Waals surface area contributed by atoms with Crippen LogP contribution in [-0.4, -0.2) is 17.4 Å². The number of carbonyl (C=O) groups excluding carboxylic acids is 1. The fourth-order valence-electron chi connectivity index (χ4n) is 2.47. The molecule has 0 aliphatic carbocycles. The van der Waals surface area contributed by atoms with Gasteiger partial charge >= 0.3 is 0 Å². The summed E-state index contributed by atoms with van der Waals surface area (Å²) >= 11 is 12.0. The number of amides is 1. The zero-order chi connectivity index (χ0) is 14.1. The molecular weight excluding hydrogens is 295 g/mol. The standard InChI is InChI=1S/C15H12Cl2N2O/c16-11-5-6-13-10(9-11)3-2-8-19(13)15(20)12-4-1-7-18-14(12)17/h1,4-7,9H,2-3,8H2. The van der Waals surface area contributed by atoms with Crippen molar-refractivity contribution in [1.29, 1.82) is 0 Å². The third-order valence-electron chi connectivity index (χ3n) is 3.39. The summed E-state index contributed by atoms with van der Waals surface area (Å²) < 4.78 is 0. The van der Waals surface area contributed by atoms with E-state index in [9.17, 15) is 4.79 Å². The number of hydrogen-bond acceptors (Lipinski definition) is 2. The number of fused-ring (bicyclic) bond motifs is 1. The Balaban J connectivity index is 2.01. The molecular formula is C15H12Cl2N2O. The fourth-order valence-corrected chi connectivity index (χ4v) is 2.86. The third kappa shape index (κ3) is 2.39. The summed E-state index contributed by atoms with van der Waals surface area (Å²) in [6.45, 7) is 0.679. The number of anilines is 1. The van der Waals surface area contributed by atoms with Gasteiger partial charge < -0.3 is 4.90 Å². The van der Waals surface area contributed by atoms with Crippen LogP contribution in [0, 0.1) is 0 Å². The van der Waals surface area contributed by atoms with E-state index in [1.54, 1.807) is 29.3 Å². The van der Waals surface area contributed by atoms with Gasteiger partial charge in [0.1, 0.15) is 5.15 Å². The fraction of sp³-hybridized carbons (Fsp3) is 0.200. The topological polar surface area (TPSA) is 33.2 Å². The van der Waals surface area contributed by atoms with Crippen molar-refractivity contribution >= 4 is 34.8 Å². The van der Waals surface area contributed by atoms with Crippen LogP contribution in [-0.2, 0) is 6.42 Å². The van der Waals surface area contributed by atoms with Crippen molar-refractivity contribution in [2.75, 3.05) is 11.4 Å². The van der Waals surface area contributed by atoms with Crippen LogP contribution in [0.15, 0.2) is 36.5 Å². The molecule has 1 aromatic carbocycles. The molecule has 0 unspecified atom stereocenters. The molecule has 2 heterocycles. The van der Waals surface area contributed by atoms with E-state index in [1.807, 2.05) is 12.1 Å². The van der Waals surface area contributed by atoms with Crippen LogP contribution in [0.1, 0.15) is 22.3 Å². The van der Waals surface area contributed by atoms with Crippen LogP contribution < -0.4 is 4.90 Å². The lowest BCUT2D eigenvalue weighted by molar-refractivity contribution is 0.0985. The first-order valence-corrected chi connectivity index (χ1v) is 7.13. The number of pyridine rings is 1. The van der Waals surface area contributed by atoms with E-state index in [0.29, 0.717) is 17.1 Å². The van der Waals surface area contributed by atoms with Crippen LogP contribution in [0.3, 0.4) is 0 Å². The maximum atomic E-state index is 12.6. The van der Waals surface area contributed by atoms with Gasteiger partial charge in [-0.2, -0.15) is 0 Å². The molecule has 0 bridgehead atoms. The van der Waals surface area contributed by atoms with Crippen molar-refractivity contribution in [2.45, 2.75) is 12.8 Å². The Morgan fingerprint density at radius 1 is 1.25 bits per heavy atom. The first-order chi connectivity index (χ1) is 9.66. The number of aryl methyl sites for hydroxylation is 1. The number of nitrogens with zero attached hydrogens (tertiary/aromatic N) is 2. The summed E-state index contributed by atoms with van der Waals surface area (Å²) in [5.74, 6) is -0.119. The zero-order valence-electron chi connectivity index (χ0n) is 10.6. The van der Waals surface area contributed by atoms with Gasteiger partial charge in [-0.3, -0.25) is 4.79 Å². The average molecular weight is 307 g/mol. The normalized spacial score (nSPS) is 14.0. The van der Waals surface area contributed by atoms with Crippen LogP contribution in [0.2, 0.25) is 10.2 Å². The van der Waals surface area contributed by atoms with Crippen molar-refractivity contribution in [3.05, 3.63) is 57.8 Å². The maximum Gasteiger partial charge on any atom is 0.261 e. The molecule has 1 aromatic heterocycles. The molecule has 3 rings (SSSR count). The van der Waals surface area contributed by atoms with E-state index in [0.717, 1.165) is 24.1 Å². The number of carbonyl (C=O) groups is 1. The van der Waals surface area contributed by atoms with Gasteiger partial charge in [-0.15, -0.1) is 0 Å².